The summed E-state index contributed by atoms with van der Waals surface area (Å²) in [7, 11) is 2.22. The molecule has 0 aromatic rings. The maximum absolute atomic E-state index is 12.7. The molecule has 0 aromatic heterocycles. The summed E-state index contributed by atoms with van der Waals surface area (Å²) >= 11 is 0. The number of hydrogen-bond donors (Lipinski definition) is 1. The van der Waals surface area contributed by atoms with Gasteiger partial charge in [0.15, 0.2) is 5.96 Å². The second-order valence-electron chi connectivity index (χ2n) is 8.67. The Hall–Kier alpha value is -1.34. The molecule has 1 amide bonds. The fourth-order valence-electron chi connectivity index (χ4n) is 4.29. The van der Waals surface area contributed by atoms with Gasteiger partial charge in [-0.05, 0) is 53.5 Å². The molecular formula is C21H40N6O. The van der Waals surface area contributed by atoms with E-state index in [0.29, 0.717) is 11.9 Å². The molecule has 2 atom stereocenters. The molecule has 7 nitrogen and oxygen atoms in total. The third kappa shape index (κ3) is 5.38. The van der Waals surface area contributed by atoms with Crippen molar-refractivity contribution >= 4 is 11.9 Å². The zero-order chi connectivity index (χ0) is 20.1. The Morgan fingerprint density at radius 3 is 2.29 bits per heavy atom. The minimum atomic E-state index is -0.00742. The third-order valence-corrected chi connectivity index (χ3v) is 6.59. The molecule has 3 aliphatic rings. The van der Waals surface area contributed by atoms with Crippen LogP contribution in [-0.4, -0.2) is 109 Å². The van der Waals surface area contributed by atoms with E-state index in [1.54, 1.807) is 0 Å². The lowest BCUT2D eigenvalue weighted by molar-refractivity contribution is -0.135. The Morgan fingerprint density at radius 2 is 1.71 bits per heavy atom. The molecule has 2 aliphatic heterocycles. The number of carbonyl (C=O) groups is 1. The van der Waals surface area contributed by atoms with Crippen molar-refractivity contribution in [2.24, 2.45) is 4.99 Å². The van der Waals surface area contributed by atoms with Crippen molar-refractivity contribution in [1.82, 2.24) is 24.9 Å². The lowest BCUT2D eigenvalue weighted by atomic mass is 10.2. The minimum absolute atomic E-state index is 0.00742. The number of aliphatic imine (C=N–C) groups is 1. The van der Waals surface area contributed by atoms with Gasteiger partial charge in [0.05, 0.1) is 12.6 Å². The number of nitrogens with zero attached hydrogens (tertiary/aromatic N) is 5. The van der Waals surface area contributed by atoms with Crippen molar-refractivity contribution in [2.45, 2.75) is 64.6 Å². The fourth-order valence-corrected chi connectivity index (χ4v) is 4.29. The van der Waals surface area contributed by atoms with Crippen LogP contribution in [0.5, 0.6) is 0 Å². The molecule has 2 heterocycles. The Morgan fingerprint density at radius 1 is 1.07 bits per heavy atom. The highest BCUT2D eigenvalue weighted by Crippen LogP contribution is 2.26. The zero-order valence-corrected chi connectivity index (χ0v) is 18.4. The van der Waals surface area contributed by atoms with Crippen LogP contribution >= 0.6 is 0 Å². The van der Waals surface area contributed by atoms with Crippen LogP contribution in [0.25, 0.3) is 0 Å². The average Bonchev–Trinajstić information content (AvgIpc) is 3.43. The number of likely N-dealkylation sites (tertiary alicyclic amines) is 1. The van der Waals surface area contributed by atoms with E-state index in [2.05, 4.69) is 47.8 Å². The van der Waals surface area contributed by atoms with Crippen LogP contribution in [0.4, 0.5) is 0 Å². The predicted molar refractivity (Wildman–Crippen MR) is 115 cm³/mol. The summed E-state index contributed by atoms with van der Waals surface area (Å²) in [5.41, 5.74) is 0. The number of piperazine rings is 1. The lowest BCUT2D eigenvalue weighted by Crippen LogP contribution is -2.57. The van der Waals surface area contributed by atoms with Crippen LogP contribution in [0.2, 0.25) is 0 Å². The quantitative estimate of drug-likeness (QED) is 0.519. The van der Waals surface area contributed by atoms with Crippen LogP contribution in [0.1, 0.15) is 46.5 Å². The largest absolute Gasteiger partial charge is 0.357 e. The van der Waals surface area contributed by atoms with Gasteiger partial charge >= 0.3 is 0 Å². The van der Waals surface area contributed by atoms with E-state index in [4.69, 9.17) is 4.99 Å². The normalized spacial score (nSPS) is 24.0. The molecule has 28 heavy (non-hydrogen) atoms. The minimum Gasteiger partial charge on any atom is -0.357 e. The van der Waals surface area contributed by atoms with Crippen molar-refractivity contribution in [3.63, 3.8) is 0 Å². The van der Waals surface area contributed by atoms with E-state index in [-0.39, 0.29) is 6.04 Å². The standard InChI is InChI=1S/C21H40N6O/c1-5-22-21(23-16-17(2)24(4)19-8-9-19)27-14-12-25(13-15-27)18(3)20(28)26-10-6-7-11-26/h17-19H,5-16H2,1-4H3,(H,22,23). The van der Waals surface area contributed by atoms with Crippen molar-refractivity contribution in [1.29, 1.82) is 0 Å². The van der Waals surface area contributed by atoms with E-state index in [1.165, 1.54) is 12.8 Å². The first-order chi connectivity index (χ1) is 13.5. The number of rotatable bonds is 7. The molecule has 0 aromatic carbocycles. The van der Waals surface area contributed by atoms with Crippen LogP contribution in [0, 0.1) is 0 Å². The van der Waals surface area contributed by atoms with Gasteiger partial charge in [-0.2, -0.15) is 0 Å². The monoisotopic (exact) mass is 392 g/mol. The maximum Gasteiger partial charge on any atom is 0.239 e. The Kier molecular flexibility index (Phi) is 7.57. The summed E-state index contributed by atoms with van der Waals surface area (Å²) in [6.45, 7) is 13.8. The van der Waals surface area contributed by atoms with Gasteiger partial charge < -0.3 is 15.1 Å². The maximum atomic E-state index is 12.7. The van der Waals surface area contributed by atoms with Gasteiger partial charge in [-0.1, -0.05) is 0 Å². The number of carbonyl (C=O) groups excluding carboxylic acids is 1. The summed E-state index contributed by atoms with van der Waals surface area (Å²) in [5.74, 6) is 1.33. The van der Waals surface area contributed by atoms with Crippen LogP contribution in [0.3, 0.4) is 0 Å². The van der Waals surface area contributed by atoms with Crippen molar-refractivity contribution in [3.05, 3.63) is 0 Å². The second-order valence-corrected chi connectivity index (χ2v) is 8.67. The van der Waals surface area contributed by atoms with Crippen molar-refractivity contribution < 1.29 is 4.79 Å². The van der Waals surface area contributed by atoms with Crippen molar-refractivity contribution in [2.75, 3.05) is 59.4 Å². The summed E-state index contributed by atoms with van der Waals surface area (Å²) < 4.78 is 0. The van der Waals surface area contributed by atoms with Crippen LogP contribution in [0.15, 0.2) is 4.99 Å². The van der Waals surface area contributed by atoms with Gasteiger partial charge in [-0.25, -0.2) is 0 Å². The molecular weight excluding hydrogens is 352 g/mol. The Bertz CT molecular complexity index is 535. The van der Waals surface area contributed by atoms with Gasteiger partial charge in [-0.15, -0.1) is 0 Å². The van der Waals surface area contributed by atoms with E-state index in [0.717, 1.165) is 77.2 Å². The molecule has 3 fully saturated rings. The number of likely N-dealkylation sites (N-methyl/N-ethyl adjacent to an activating group) is 1. The average molecular weight is 393 g/mol. The molecule has 160 valence electrons. The van der Waals surface area contributed by atoms with Gasteiger partial charge in [0, 0.05) is 57.9 Å². The molecule has 3 rings (SSSR count). The highest BCUT2D eigenvalue weighted by Gasteiger charge is 2.31. The molecule has 2 unspecified atom stereocenters. The van der Waals surface area contributed by atoms with Gasteiger partial charge in [0.25, 0.3) is 0 Å². The second kappa shape index (κ2) is 9.92. The van der Waals surface area contributed by atoms with Gasteiger partial charge in [0.2, 0.25) is 5.91 Å². The number of guanidine groups is 1. The van der Waals surface area contributed by atoms with Crippen LogP contribution < -0.4 is 5.32 Å². The highest BCUT2D eigenvalue weighted by molar-refractivity contribution is 5.82. The third-order valence-electron chi connectivity index (χ3n) is 6.59. The van der Waals surface area contributed by atoms with Crippen LogP contribution in [-0.2, 0) is 4.79 Å². The molecule has 1 saturated carbocycles. The predicted octanol–water partition coefficient (Wildman–Crippen LogP) is 1.06. The first kappa shape index (κ1) is 21.4. The molecule has 1 N–H and O–H groups in total. The molecule has 0 bridgehead atoms. The molecule has 7 heteroatoms. The van der Waals surface area contributed by atoms with E-state index >= 15 is 0 Å². The molecule has 1 aliphatic carbocycles. The molecule has 2 saturated heterocycles. The first-order valence-corrected chi connectivity index (χ1v) is 11.3. The zero-order valence-electron chi connectivity index (χ0n) is 18.4. The number of amides is 1. The fraction of sp³-hybridized carbons (Fsp3) is 0.905. The SMILES string of the molecule is CCNC(=NCC(C)N(C)C1CC1)N1CCN(C(C)C(=O)N2CCCC2)CC1. The topological polar surface area (TPSA) is 54.4 Å². The number of nitrogens with one attached hydrogen (secondary N) is 1. The van der Waals surface area contributed by atoms with Gasteiger partial charge in [0.1, 0.15) is 0 Å². The summed E-state index contributed by atoms with van der Waals surface area (Å²) in [6, 6.07) is 1.23. The van der Waals surface area contributed by atoms with E-state index in [1.807, 2.05) is 4.90 Å². The van der Waals surface area contributed by atoms with E-state index < -0.39 is 0 Å². The lowest BCUT2D eigenvalue weighted by Gasteiger charge is -2.39. The summed E-state index contributed by atoms with van der Waals surface area (Å²) in [5, 5.41) is 3.47. The molecule has 0 spiro atoms. The summed E-state index contributed by atoms with van der Waals surface area (Å²) in [4.78, 5) is 26.8. The van der Waals surface area contributed by atoms with Gasteiger partial charge in [-0.3, -0.25) is 19.6 Å². The molecule has 0 radical (unpaired) electrons. The van der Waals surface area contributed by atoms with Crippen molar-refractivity contribution in [3.8, 4) is 0 Å². The smallest absolute Gasteiger partial charge is 0.239 e. The first-order valence-electron chi connectivity index (χ1n) is 11.3. The number of hydrogen-bond acceptors (Lipinski definition) is 4. The highest BCUT2D eigenvalue weighted by atomic mass is 16.2. The Labute approximate surface area is 171 Å². The van der Waals surface area contributed by atoms with E-state index in [9.17, 15) is 4.79 Å². The Balaban J connectivity index is 1.50. The summed E-state index contributed by atoms with van der Waals surface area (Å²) in [6.07, 6.45) is 4.98.